The number of hydrogen-bond acceptors (Lipinski definition) is 6. The van der Waals surface area contributed by atoms with Gasteiger partial charge < -0.3 is 18.6 Å². The number of nitriles is 1. The molecule has 1 aromatic heterocycles. The first-order valence-electron chi connectivity index (χ1n) is 7.32. The van der Waals surface area contributed by atoms with E-state index in [2.05, 4.69) is 0 Å². The molecule has 122 valence electrons. The number of fused-ring (bicyclic) bond motifs is 1. The lowest BCUT2D eigenvalue weighted by atomic mass is 10.0. The third kappa shape index (κ3) is 2.84. The number of benzene rings is 1. The SMILES string of the molecule is COc1cc(/C=C(\C#N)C(=O)c2ccoc2C)cc2c1OCCO2. The van der Waals surface area contributed by atoms with Gasteiger partial charge in [0, 0.05) is 0 Å². The second-order valence-electron chi connectivity index (χ2n) is 5.14. The Morgan fingerprint density at radius 1 is 1.33 bits per heavy atom. The number of aryl methyl sites for hydroxylation is 1. The highest BCUT2D eigenvalue weighted by Gasteiger charge is 2.20. The number of methoxy groups -OCH3 is 1. The number of furan rings is 1. The van der Waals surface area contributed by atoms with E-state index in [4.69, 9.17) is 18.6 Å². The summed E-state index contributed by atoms with van der Waals surface area (Å²) < 4.78 is 21.5. The van der Waals surface area contributed by atoms with Gasteiger partial charge in [0.1, 0.15) is 30.6 Å². The van der Waals surface area contributed by atoms with E-state index in [1.165, 1.54) is 19.4 Å². The predicted octanol–water partition coefficient (Wildman–Crippen LogP) is 3.16. The fourth-order valence-electron chi connectivity index (χ4n) is 2.46. The minimum absolute atomic E-state index is 0.00164. The van der Waals surface area contributed by atoms with Crippen LogP contribution in [0.1, 0.15) is 21.7 Å². The molecule has 0 saturated heterocycles. The number of carbonyl (C=O) groups is 1. The second-order valence-corrected chi connectivity index (χ2v) is 5.14. The lowest BCUT2D eigenvalue weighted by molar-refractivity contribution is 0.103. The van der Waals surface area contributed by atoms with E-state index < -0.39 is 5.78 Å². The molecular formula is C18H15NO5. The maximum atomic E-state index is 12.5. The van der Waals surface area contributed by atoms with Gasteiger partial charge in [0.15, 0.2) is 11.5 Å². The van der Waals surface area contributed by atoms with Gasteiger partial charge in [-0.15, -0.1) is 0 Å². The van der Waals surface area contributed by atoms with Crippen molar-refractivity contribution < 1.29 is 23.4 Å². The summed E-state index contributed by atoms with van der Waals surface area (Å²) in [5.41, 5.74) is 0.979. The zero-order chi connectivity index (χ0) is 17.1. The molecule has 0 spiro atoms. The Bertz CT molecular complexity index is 840. The summed E-state index contributed by atoms with van der Waals surface area (Å²) in [6, 6.07) is 6.90. The number of hydrogen-bond donors (Lipinski definition) is 0. The number of ether oxygens (including phenoxy) is 3. The highest BCUT2D eigenvalue weighted by atomic mass is 16.6. The quantitative estimate of drug-likeness (QED) is 0.488. The maximum absolute atomic E-state index is 12.5. The third-order valence-electron chi connectivity index (χ3n) is 3.63. The fourth-order valence-corrected chi connectivity index (χ4v) is 2.46. The van der Waals surface area contributed by atoms with Crippen LogP contribution in [0, 0.1) is 18.3 Å². The van der Waals surface area contributed by atoms with Gasteiger partial charge in [-0.25, -0.2) is 0 Å². The Hall–Kier alpha value is -3.20. The van der Waals surface area contributed by atoms with Crippen molar-refractivity contribution in [2.75, 3.05) is 20.3 Å². The first-order chi connectivity index (χ1) is 11.6. The van der Waals surface area contributed by atoms with Crippen molar-refractivity contribution >= 4 is 11.9 Å². The molecule has 6 nitrogen and oxygen atoms in total. The molecule has 0 amide bonds. The van der Waals surface area contributed by atoms with Gasteiger partial charge in [-0.2, -0.15) is 5.26 Å². The Morgan fingerprint density at radius 2 is 2.12 bits per heavy atom. The standard InChI is InChI=1S/C18H15NO5/c1-11-14(3-4-22-11)17(20)13(10-19)7-12-8-15(21-2)18-16(9-12)23-5-6-24-18/h3-4,7-9H,5-6H2,1-2H3/b13-7+. The van der Waals surface area contributed by atoms with Crippen LogP contribution in [0.15, 0.2) is 34.5 Å². The van der Waals surface area contributed by atoms with Crippen molar-refractivity contribution in [2.24, 2.45) is 0 Å². The molecule has 0 bridgehead atoms. The van der Waals surface area contributed by atoms with Gasteiger partial charge in [0.05, 0.1) is 18.9 Å². The summed E-state index contributed by atoms with van der Waals surface area (Å²) in [7, 11) is 1.52. The number of nitrogens with zero attached hydrogens (tertiary/aromatic N) is 1. The van der Waals surface area contributed by atoms with Gasteiger partial charge in [0.25, 0.3) is 0 Å². The molecule has 24 heavy (non-hydrogen) atoms. The van der Waals surface area contributed by atoms with Crippen LogP contribution in [0.5, 0.6) is 17.2 Å². The molecule has 0 unspecified atom stereocenters. The molecule has 2 heterocycles. The molecule has 6 heteroatoms. The summed E-state index contributed by atoms with van der Waals surface area (Å²) in [6.45, 7) is 2.55. The van der Waals surface area contributed by atoms with E-state index in [1.807, 2.05) is 6.07 Å². The molecule has 0 radical (unpaired) electrons. The topological polar surface area (TPSA) is 81.7 Å². The highest BCUT2D eigenvalue weighted by Crippen LogP contribution is 2.40. The summed E-state index contributed by atoms with van der Waals surface area (Å²) >= 11 is 0. The molecule has 1 aromatic carbocycles. The van der Waals surface area contributed by atoms with Gasteiger partial charge in [-0.3, -0.25) is 4.79 Å². The van der Waals surface area contributed by atoms with Gasteiger partial charge in [-0.1, -0.05) is 0 Å². The molecule has 3 rings (SSSR count). The Morgan fingerprint density at radius 3 is 2.79 bits per heavy atom. The second kappa shape index (κ2) is 6.50. The van der Waals surface area contributed by atoms with Crippen LogP contribution < -0.4 is 14.2 Å². The van der Waals surface area contributed by atoms with E-state index >= 15 is 0 Å². The monoisotopic (exact) mass is 325 g/mol. The van der Waals surface area contributed by atoms with Crippen molar-refractivity contribution in [3.8, 4) is 23.3 Å². The van der Waals surface area contributed by atoms with E-state index in [0.29, 0.717) is 47.3 Å². The van der Waals surface area contributed by atoms with Gasteiger partial charge in [0.2, 0.25) is 11.5 Å². The smallest absolute Gasteiger partial charge is 0.207 e. The number of allylic oxidation sites excluding steroid dienone is 1. The predicted molar refractivity (Wildman–Crippen MR) is 85.3 cm³/mol. The first kappa shape index (κ1) is 15.7. The Labute approximate surface area is 138 Å². The van der Waals surface area contributed by atoms with Crippen molar-refractivity contribution in [3.05, 3.63) is 46.9 Å². The maximum Gasteiger partial charge on any atom is 0.207 e. The lowest BCUT2D eigenvalue weighted by Crippen LogP contribution is -2.16. The molecule has 1 aliphatic rings. The molecule has 1 aliphatic heterocycles. The number of ketones is 1. The molecule has 0 atom stereocenters. The summed E-state index contributed by atoms with van der Waals surface area (Å²) in [5.74, 6) is 1.62. The minimum Gasteiger partial charge on any atom is -0.493 e. The first-order valence-corrected chi connectivity index (χ1v) is 7.32. The number of carbonyl (C=O) groups excluding carboxylic acids is 1. The average molecular weight is 325 g/mol. The van der Waals surface area contributed by atoms with E-state index in [-0.39, 0.29) is 5.57 Å². The van der Waals surface area contributed by atoms with Gasteiger partial charge >= 0.3 is 0 Å². The summed E-state index contributed by atoms with van der Waals surface area (Å²) in [5, 5.41) is 9.36. The van der Waals surface area contributed by atoms with E-state index in [1.54, 1.807) is 25.1 Å². The largest absolute Gasteiger partial charge is 0.493 e. The molecule has 2 aromatic rings. The van der Waals surface area contributed by atoms with Crippen LogP contribution in [0.25, 0.3) is 6.08 Å². The molecule has 0 saturated carbocycles. The zero-order valence-electron chi connectivity index (χ0n) is 13.3. The van der Waals surface area contributed by atoms with Crippen LogP contribution in [-0.4, -0.2) is 26.1 Å². The van der Waals surface area contributed by atoms with Crippen molar-refractivity contribution in [1.29, 1.82) is 5.26 Å². The van der Waals surface area contributed by atoms with Crippen LogP contribution in [0.3, 0.4) is 0 Å². The van der Waals surface area contributed by atoms with Crippen molar-refractivity contribution in [1.82, 2.24) is 0 Å². The molecule has 0 N–H and O–H groups in total. The van der Waals surface area contributed by atoms with Crippen LogP contribution in [0.4, 0.5) is 0 Å². The van der Waals surface area contributed by atoms with Crippen LogP contribution in [-0.2, 0) is 0 Å². The van der Waals surface area contributed by atoms with E-state index in [0.717, 1.165) is 0 Å². The summed E-state index contributed by atoms with van der Waals surface area (Å²) in [4.78, 5) is 12.5. The van der Waals surface area contributed by atoms with Gasteiger partial charge in [-0.05, 0) is 36.8 Å². The fraction of sp³-hybridized carbons (Fsp3) is 0.222. The van der Waals surface area contributed by atoms with Crippen molar-refractivity contribution in [2.45, 2.75) is 6.92 Å². The molecule has 0 aliphatic carbocycles. The van der Waals surface area contributed by atoms with Crippen molar-refractivity contribution in [3.63, 3.8) is 0 Å². The summed E-state index contributed by atoms with van der Waals surface area (Å²) in [6.07, 6.45) is 2.92. The van der Waals surface area contributed by atoms with Crippen LogP contribution in [0.2, 0.25) is 0 Å². The number of rotatable bonds is 4. The average Bonchev–Trinajstić information content (AvgIpc) is 3.04. The van der Waals surface area contributed by atoms with Crippen LogP contribution >= 0.6 is 0 Å². The highest BCUT2D eigenvalue weighted by molar-refractivity contribution is 6.14. The molecular weight excluding hydrogens is 310 g/mol. The molecule has 0 fully saturated rings. The number of Topliss-reactive ketones (excluding diaryl/α,β-unsaturated/α-hetero) is 1. The normalized spacial score (nSPS) is 13.3. The lowest BCUT2D eigenvalue weighted by Gasteiger charge is -2.21. The Balaban J connectivity index is 2.01. The third-order valence-corrected chi connectivity index (χ3v) is 3.63. The Kier molecular flexibility index (Phi) is 4.25. The zero-order valence-corrected chi connectivity index (χ0v) is 13.3. The minimum atomic E-state index is -0.391. The van der Waals surface area contributed by atoms with E-state index in [9.17, 15) is 10.1 Å².